The van der Waals surface area contributed by atoms with Gasteiger partial charge in [0.1, 0.15) is 0 Å². The van der Waals surface area contributed by atoms with Crippen LogP contribution >= 0.6 is 0 Å². The largest absolute Gasteiger partial charge is 0.398 e. The number of rotatable bonds is 5. The molecule has 0 saturated carbocycles. The molecular formula is C22H28N4. The minimum Gasteiger partial charge on any atom is -0.398 e. The van der Waals surface area contributed by atoms with E-state index in [-0.39, 0.29) is 0 Å². The molecule has 3 N–H and O–H groups in total. The summed E-state index contributed by atoms with van der Waals surface area (Å²) in [6, 6.07) is 14.5. The molecule has 0 aromatic heterocycles. The molecule has 4 nitrogen and oxygen atoms in total. The normalized spacial score (nSPS) is 18.2. The topological polar surface area (TPSA) is 53.7 Å². The molecule has 2 aromatic carbocycles. The molecule has 4 heteroatoms. The highest BCUT2D eigenvalue weighted by Crippen LogP contribution is 2.28. The molecule has 0 aliphatic carbocycles. The summed E-state index contributed by atoms with van der Waals surface area (Å²) in [7, 11) is 4.04. The molecule has 0 radical (unpaired) electrons. The van der Waals surface area contributed by atoms with Crippen LogP contribution in [0.25, 0.3) is 5.70 Å². The van der Waals surface area contributed by atoms with E-state index in [0.29, 0.717) is 11.6 Å². The van der Waals surface area contributed by atoms with Crippen molar-refractivity contribution in [2.45, 2.75) is 18.8 Å². The Morgan fingerprint density at radius 3 is 2.73 bits per heavy atom. The van der Waals surface area contributed by atoms with Gasteiger partial charge in [-0.3, -0.25) is 4.99 Å². The summed E-state index contributed by atoms with van der Waals surface area (Å²) in [4.78, 5) is 7.01. The lowest BCUT2D eigenvalue weighted by molar-refractivity contribution is 0.251. The van der Waals surface area contributed by atoms with Gasteiger partial charge in [-0.2, -0.15) is 0 Å². The number of aliphatic imine (C=N–C) groups is 1. The summed E-state index contributed by atoms with van der Waals surface area (Å²) in [5, 5.41) is 3.04. The van der Waals surface area contributed by atoms with Gasteiger partial charge >= 0.3 is 0 Å². The van der Waals surface area contributed by atoms with Crippen molar-refractivity contribution >= 4 is 23.3 Å². The van der Waals surface area contributed by atoms with Crippen LogP contribution in [0.2, 0.25) is 0 Å². The number of hydrogen-bond donors (Lipinski definition) is 2. The van der Waals surface area contributed by atoms with Crippen LogP contribution in [0.5, 0.6) is 0 Å². The number of hydrogen-bond acceptors (Lipinski definition) is 4. The van der Waals surface area contributed by atoms with Gasteiger partial charge in [0.15, 0.2) is 0 Å². The summed E-state index contributed by atoms with van der Waals surface area (Å²) in [5.41, 5.74) is 11.9. The number of nitrogens with zero attached hydrogens (tertiary/aromatic N) is 2. The standard InChI is InChI=1S/C22H28N4/c1-16(24-2)21-8-4-6-18(22(21)23)14-25-20-11-9-17(10-12-20)19-7-5-13-26(3)15-19/h4,6,8-12,14,19,24H,1,5,7,13,15,23H2,2-3H3. The molecule has 26 heavy (non-hydrogen) atoms. The predicted molar refractivity (Wildman–Crippen MR) is 112 cm³/mol. The Hall–Kier alpha value is -2.59. The first-order valence-electron chi connectivity index (χ1n) is 9.16. The van der Waals surface area contributed by atoms with E-state index in [4.69, 9.17) is 5.73 Å². The third kappa shape index (κ3) is 4.14. The van der Waals surface area contributed by atoms with Crippen molar-refractivity contribution in [2.75, 3.05) is 32.9 Å². The van der Waals surface area contributed by atoms with Gasteiger partial charge in [0, 0.05) is 42.3 Å². The zero-order chi connectivity index (χ0) is 18.5. The number of nitrogens with two attached hydrogens (primary N) is 1. The molecular weight excluding hydrogens is 320 g/mol. The number of para-hydroxylation sites is 1. The van der Waals surface area contributed by atoms with Gasteiger partial charge in [-0.1, -0.05) is 36.9 Å². The summed E-state index contributed by atoms with van der Waals surface area (Å²) < 4.78 is 0. The van der Waals surface area contributed by atoms with Crippen molar-refractivity contribution in [3.05, 3.63) is 65.7 Å². The molecule has 3 rings (SSSR count). The maximum Gasteiger partial charge on any atom is 0.0630 e. The fourth-order valence-electron chi connectivity index (χ4n) is 3.51. The first-order valence-corrected chi connectivity index (χ1v) is 9.16. The van der Waals surface area contributed by atoms with Gasteiger partial charge in [0.25, 0.3) is 0 Å². The quantitative estimate of drug-likeness (QED) is 0.634. The van der Waals surface area contributed by atoms with Crippen molar-refractivity contribution < 1.29 is 0 Å². The number of anilines is 1. The first kappa shape index (κ1) is 18.2. The molecule has 136 valence electrons. The minimum atomic E-state index is 0.631. The second kappa shape index (κ2) is 8.19. The molecule has 1 aliphatic rings. The van der Waals surface area contributed by atoms with Gasteiger partial charge in [0.05, 0.1) is 5.69 Å². The zero-order valence-electron chi connectivity index (χ0n) is 15.7. The van der Waals surface area contributed by atoms with Gasteiger partial charge < -0.3 is 16.0 Å². The fourth-order valence-corrected chi connectivity index (χ4v) is 3.51. The lowest BCUT2D eigenvalue weighted by atomic mass is 9.91. The number of nitrogen functional groups attached to an aromatic ring is 1. The van der Waals surface area contributed by atoms with Crippen LogP contribution in [0.15, 0.2) is 54.0 Å². The summed E-state index contributed by atoms with van der Waals surface area (Å²) in [5.74, 6) is 0.631. The number of benzene rings is 2. The van der Waals surface area contributed by atoms with E-state index >= 15 is 0 Å². The van der Waals surface area contributed by atoms with Gasteiger partial charge in [-0.15, -0.1) is 0 Å². The van der Waals surface area contributed by atoms with Crippen molar-refractivity contribution in [3.63, 3.8) is 0 Å². The van der Waals surface area contributed by atoms with Crippen LogP contribution in [0, 0.1) is 0 Å². The molecule has 1 fully saturated rings. The second-order valence-corrected chi connectivity index (χ2v) is 6.99. The molecule has 1 aliphatic heterocycles. The van der Waals surface area contributed by atoms with Crippen LogP contribution in [0.1, 0.15) is 35.4 Å². The summed E-state index contributed by atoms with van der Waals surface area (Å²) in [6.45, 7) is 6.33. The van der Waals surface area contributed by atoms with Gasteiger partial charge in [0.2, 0.25) is 0 Å². The van der Waals surface area contributed by atoms with Crippen molar-refractivity contribution in [2.24, 2.45) is 4.99 Å². The number of piperidine rings is 1. The molecule has 1 unspecified atom stereocenters. The minimum absolute atomic E-state index is 0.631. The van der Waals surface area contributed by atoms with E-state index < -0.39 is 0 Å². The third-order valence-corrected chi connectivity index (χ3v) is 5.11. The van der Waals surface area contributed by atoms with Crippen molar-refractivity contribution in [3.8, 4) is 0 Å². The fraction of sp³-hybridized carbons (Fsp3) is 0.318. The Kier molecular flexibility index (Phi) is 5.74. The van der Waals surface area contributed by atoms with Crippen LogP contribution < -0.4 is 11.1 Å². The Morgan fingerprint density at radius 1 is 1.27 bits per heavy atom. The molecule has 0 amide bonds. The first-order chi connectivity index (χ1) is 12.6. The molecule has 1 atom stereocenters. The summed E-state index contributed by atoms with van der Waals surface area (Å²) in [6.07, 6.45) is 4.37. The highest BCUT2D eigenvalue weighted by Gasteiger charge is 2.18. The lowest BCUT2D eigenvalue weighted by Gasteiger charge is -2.29. The average Bonchev–Trinajstić information content (AvgIpc) is 2.67. The van der Waals surface area contributed by atoms with Crippen LogP contribution in [0.4, 0.5) is 11.4 Å². The number of likely N-dealkylation sites (N-methyl/N-ethyl adjacent to an activating group) is 1. The molecule has 1 saturated heterocycles. The Balaban J connectivity index is 1.74. The summed E-state index contributed by atoms with van der Waals surface area (Å²) >= 11 is 0. The van der Waals surface area contributed by atoms with Gasteiger partial charge in [-0.05, 0) is 50.0 Å². The van der Waals surface area contributed by atoms with Crippen LogP contribution in [-0.4, -0.2) is 38.3 Å². The smallest absolute Gasteiger partial charge is 0.0630 e. The zero-order valence-corrected chi connectivity index (χ0v) is 15.7. The molecule has 0 bridgehead atoms. The Morgan fingerprint density at radius 2 is 2.04 bits per heavy atom. The highest BCUT2D eigenvalue weighted by atomic mass is 15.1. The SMILES string of the molecule is C=C(NC)c1cccc(C=Nc2ccc(C3CCCN(C)C3)cc2)c1N. The third-order valence-electron chi connectivity index (χ3n) is 5.11. The molecule has 0 spiro atoms. The number of nitrogens with one attached hydrogen (secondary N) is 1. The Labute approximate surface area is 156 Å². The van der Waals surface area contributed by atoms with E-state index in [0.717, 1.165) is 29.1 Å². The van der Waals surface area contributed by atoms with Crippen LogP contribution in [0.3, 0.4) is 0 Å². The van der Waals surface area contributed by atoms with Crippen molar-refractivity contribution in [1.82, 2.24) is 10.2 Å². The van der Waals surface area contributed by atoms with Crippen LogP contribution in [-0.2, 0) is 0 Å². The maximum atomic E-state index is 6.26. The van der Waals surface area contributed by atoms with E-state index in [2.05, 4.69) is 53.1 Å². The van der Waals surface area contributed by atoms with E-state index in [1.807, 2.05) is 31.5 Å². The monoisotopic (exact) mass is 348 g/mol. The molecule has 2 aromatic rings. The second-order valence-electron chi connectivity index (χ2n) is 6.99. The highest BCUT2D eigenvalue weighted by molar-refractivity contribution is 5.92. The average molecular weight is 348 g/mol. The van der Waals surface area contributed by atoms with E-state index in [1.165, 1.54) is 24.9 Å². The lowest BCUT2D eigenvalue weighted by Crippen LogP contribution is -2.30. The van der Waals surface area contributed by atoms with Crippen molar-refractivity contribution in [1.29, 1.82) is 0 Å². The predicted octanol–water partition coefficient (Wildman–Crippen LogP) is 4.02. The number of likely N-dealkylation sites (tertiary alicyclic amines) is 1. The Bertz CT molecular complexity index is 792. The molecule has 1 heterocycles. The van der Waals surface area contributed by atoms with E-state index in [9.17, 15) is 0 Å². The van der Waals surface area contributed by atoms with E-state index in [1.54, 1.807) is 0 Å². The van der Waals surface area contributed by atoms with Gasteiger partial charge in [-0.25, -0.2) is 0 Å². The maximum absolute atomic E-state index is 6.26.